The van der Waals surface area contributed by atoms with Crippen LogP contribution in [0.25, 0.3) is 0 Å². The number of halogens is 1. The maximum absolute atomic E-state index is 13.7. The van der Waals surface area contributed by atoms with Crippen LogP contribution in [0.3, 0.4) is 0 Å². The van der Waals surface area contributed by atoms with Crippen LogP contribution < -0.4 is 19.1 Å². The van der Waals surface area contributed by atoms with Crippen molar-refractivity contribution in [2.45, 2.75) is 23.1 Å². The Morgan fingerprint density at radius 2 is 1.69 bits per heavy atom. The summed E-state index contributed by atoms with van der Waals surface area (Å²) in [6, 6.07) is 17.9. The van der Waals surface area contributed by atoms with Gasteiger partial charge in [-0.2, -0.15) is 0 Å². The number of hydrogen-bond acceptors (Lipinski definition) is 5. The van der Waals surface area contributed by atoms with E-state index in [2.05, 4.69) is 0 Å². The van der Waals surface area contributed by atoms with E-state index >= 15 is 0 Å². The molecule has 1 amide bonds. The molecule has 0 bridgehead atoms. The molecule has 1 aliphatic heterocycles. The highest BCUT2D eigenvalue weighted by Crippen LogP contribution is 2.49. The molecule has 0 fully saturated rings. The van der Waals surface area contributed by atoms with Crippen molar-refractivity contribution in [3.63, 3.8) is 0 Å². The fourth-order valence-corrected chi connectivity index (χ4v) is 5.10. The highest BCUT2D eigenvalue weighted by atomic mass is 32.2. The van der Waals surface area contributed by atoms with Gasteiger partial charge < -0.3 is 19.1 Å². The summed E-state index contributed by atoms with van der Waals surface area (Å²) >= 11 is 1.62. The minimum absolute atomic E-state index is 0.0366. The van der Waals surface area contributed by atoms with E-state index < -0.39 is 0 Å². The number of nitrogens with zero attached hydrogens (tertiary/aromatic N) is 1. The number of benzene rings is 3. The molecule has 1 aliphatic rings. The van der Waals surface area contributed by atoms with E-state index in [-0.39, 0.29) is 23.4 Å². The van der Waals surface area contributed by atoms with E-state index in [0.717, 1.165) is 21.7 Å². The van der Waals surface area contributed by atoms with Crippen molar-refractivity contribution in [1.29, 1.82) is 0 Å². The first-order chi connectivity index (χ1) is 15.5. The lowest BCUT2D eigenvalue weighted by Crippen LogP contribution is -2.30. The molecule has 0 saturated carbocycles. The van der Waals surface area contributed by atoms with E-state index in [1.54, 1.807) is 44.1 Å². The normalized spacial score (nSPS) is 15.7. The molecule has 4 rings (SSSR count). The molecule has 166 valence electrons. The molecule has 0 aromatic heterocycles. The van der Waals surface area contributed by atoms with Crippen LogP contribution in [0.4, 0.5) is 10.1 Å². The summed E-state index contributed by atoms with van der Waals surface area (Å²) in [7, 11) is 4.70. The van der Waals surface area contributed by atoms with Gasteiger partial charge in [-0.05, 0) is 47.5 Å². The molecule has 5 nitrogen and oxygen atoms in total. The van der Waals surface area contributed by atoms with Gasteiger partial charge in [0.1, 0.15) is 5.82 Å². The minimum Gasteiger partial charge on any atom is -0.493 e. The third-order valence-electron chi connectivity index (χ3n) is 5.37. The number of methoxy groups -OCH3 is 3. The molecule has 0 radical (unpaired) electrons. The van der Waals surface area contributed by atoms with E-state index in [4.69, 9.17) is 14.2 Å². The van der Waals surface area contributed by atoms with Crippen LogP contribution in [0, 0.1) is 5.82 Å². The average Bonchev–Trinajstić information content (AvgIpc) is 2.94. The Balaban J connectivity index is 1.73. The Kier molecular flexibility index (Phi) is 6.55. The molecule has 32 heavy (non-hydrogen) atoms. The van der Waals surface area contributed by atoms with Gasteiger partial charge in [-0.1, -0.05) is 24.3 Å². The summed E-state index contributed by atoms with van der Waals surface area (Å²) < 4.78 is 30.2. The van der Waals surface area contributed by atoms with Gasteiger partial charge in [0.25, 0.3) is 0 Å². The molecule has 1 heterocycles. The Morgan fingerprint density at radius 1 is 0.969 bits per heavy atom. The number of hydrogen-bond donors (Lipinski definition) is 0. The molecular weight excluding hydrogens is 429 g/mol. The van der Waals surface area contributed by atoms with E-state index in [1.165, 1.54) is 12.1 Å². The van der Waals surface area contributed by atoms with Gasteiger partial charge in [-0.3, -0.25) is 4.79 Å². The van der Waals surface area contributed by atoms with Crippen molar-refractivity contribution in [2.75, 3.05) is 26.2 Å². The van der Waals surface area contributed by atoms with E-state index in [0.29, 0.717) is 23.8 Å². The van der Waals surface area contributed by atoms with Crippen LogP contribution in [0.2, 0.25) is 0 Å². The van der Waals surface area contributed by atoms with Crippen LogP contribution in [0.15, 0.2) is 65.6 Å². The highest BCUT2D eigenvalue weighted by Gasteiger charge is 2.30. The topological polar surface area (TPSA) is 48.0 Å². The average molecular weight is 454 g/mol. The lowest BCUT2D eigenvalue weighted by atomic mass is 10.1. The predicted molar refractivity (Wildman–Crippen MR) is 123 cm³/mol. The van der Waals surface area contributed by atoms with Gasteiger partial charge in [0.2, 0.25) is 11.7 Å². The zero-order chi connectivity index (χ0) is 22.7. The SMILES string of the molecule is COc1cc([C@@H]2CC(=O)N(Cc3cccc(F)c3)c3ccccc3S2)cc(OC)c1OC. The lowest BCUT2D eigenvalue weighted by molar-refractivity contribution is -0.118. The molecule has 0 spiro atoms. The number of carbonyl (C=O) groups excluding carboxylic acids is 1. The molecular formula is C25H24FNO4S. The zero-order valence-corrected chi connectivity index (χ0v) is 18.9. The maximum atomic E-state index is 13.7. The lowest BCUT2D eigenvalue weighted by Gasteiger charge is -2.23. The first-order valence-corrected chi connectivity index (χ1v) is 11.0. The van der Waals surface area contributed by atoms with Gasteiger partial charge in [0.15, 0.2) is 11.5 Å². The van der Waals surface area contributed by atoms with Crippen LogP contribution in [0.5, 0.6) is 17.2 Å². The van der Waals surface area contributed by atoms with E-state index in [1.807, 2.05) is 42.5 Å². The summed E-state index contributed by atoms with van der Waals surface area (Å²) in [6.07, 6.45) is 0.271. The third kappa shape index (κ3) is 4.39. The second-order valence-corrected chi connectivity index (χ2v) is 8.59. The van der Waals surface area contributed by atoms with Crippen molar-refractivity contribution in [3.05, 3.63) is 77.6 Å². The highest BCUT2D eigenvalue weighted by molar-refractivity contribution is 7.99. The summed E-state index contributed by atoms with van der Waals surface area (Å²) in [6.45, 7) is 0.302. The van der Waals surface area contributed by atoms with Gasteiger partial charge in [0, 0.05) is 16.6 Å². The molecule has 3 aromatic carbocycles. The fraction of sp³-hybridized carbons (Fsp3) is 0.240. The number of carbonyl (C=O) groups is 1. The molecule has 0 N–H and O–H groups in total. The molecule has 7 heteroatoms. The molecule has 0 aliphatic carbocycles. The Labute approximate surface area is 191 Å². The quantitative estimate of drug-likeness (QED) is 0.485. The van der Waals surface area contributed by atoms with Crippen LogP contribution in [-0.4, -0.2) is 27.2 Å². The van der Waals surface area contributed by atoms with Crippen LogP contribution in [-0.2, 0) is 11.3 Å². The van der Waals surface area contributed by atoms with Crippen molar-refractivity contribution >= 4 is 23.4 Å². The number of thioether (sulfide) groups is 1. The number of ether oxygens (including phenoxy) is 3. The zero-order valence-electron chi connectivity index (χ0n) is 18.1. The second-order valence-electron chi connectivity index (χ2n) is 7.35. The molecule has 1 atom stereocenters. The molecule has 0 saturated heterocycles. The summed E-state index contributed by atoms with van der Waals surface area (Å²) in [5.74, 6) is 1.25. The van der Waals surface area contributed by atoms with E-state index in [9.17, 15) is 9.18 Å². The summed E-state index contributed by atoms with van der Waals surface area (Å²) in [5, 5.41) is -0.158. The van der Waals surface area contributed by atoms with Crippen molar-refractivity contribution in [2.24, 2.45) is 0 Å². The predicted octanol–water partition coefficient (Wildman–Crippen LogP) is 5.62. The molecule has 0 unspecified atom stereocenters. The Morgan fingerprint density at radius 3 is 2.34 bits per heavy atom. The van der Waals surface area contributed by atoms with Gasteiger partial charge in [-0.15, -0.1) is 11.8 Å². The summed E-state index contributed by atoms with van der Waals surface area (Å²) in [4.78, 5) is 16.1. The fourth-order valence-electron chi connectivity index (χ4n) is 3.84. The summed E-state index contributed by atoms with van der Waals surface area (Å²) in [5.41, 5.74) is 2.46. The first kappa shape index (κ1) is 22.0. The van der Waals surface area contributed by atoms with Crippen molar-refractivity contribution in [3.8, 4) is 17.2 Å². The number of rotatable bonds is 6. The van der Waals surface area contributed by atoms with Crippen LogP contribution in [0.1, 0.15) is 22.8 Å². The minimum atomic E-state index is -0.317. The smallest absolute Gasteiger partial charge is 0.228 e. The van der Waals surface area contributed by atoms with Gasteiger partial charge >= 0.3 is 0 Å². The largest absolute Gasteiger partial charge is 0.493 e. The molecule has 3 aromatic rings. The first-order valence-electron chi connectivity index (χ1n) is 10.1. The number of anilines is 1. The Hall–Kier alpha value is -3.19. The number of fused-ring (bicyclic) bond motifs is 1. The standard InChI is InChI=1S/C25H24FNO4S/c1-29-20-12-17(13-21(30-2)25(20)31-3)23-14-24(28)27(15-16-7-6-8-18(26)11-16)19-9-4-5-10-22(19)32-23/h4-13,23H,14-15H2,1-3H3/t23-/m0/s1. The van der Waals surface area contributed by atoms with Crippen molar-refractivity contribution < 1.29 is 23.4 Å². The maximum Gasteiger partial charge on any atom is 0.228 e. The monoisotopic (exact) mass is 453 g/mol. The second kappa shape index (κ2) is 9.53. The number of para-hydroxylation sites is 1. The van der Waals surface area contributed by atoms with Crippen LogP contribution >= 0.6 is 11.8 Å². The van der Waals surface area contributed by atoms with Gasteiger partial charge in [0.05, 0.1) is 33.6 Å². The van der Waals surface area contributed by atoms with Gasteiger partial charge in [-0.25, -0.2) is 4.39 Å². The Bertz CT molecular complexity index is 1110. The van der Waals surface area contributed by atoms with Crippen molar-refractivity contribution in [1.82, 2.24) is 0 Å². The third-order valence-corrected chi connectivity index (χ3v) is 6.70. The number of amides is 1.